The standard InChI is InChI=1S/C98H122N18O21S3.2CO2/c1-53(2)84-96(134)106-72(40-83(123)124)90(128)103-43-79(119)104-70(37-64-41-101-68-21-8-6-19-66(64)68)91(129)111-85(54(3)4)97(135)116-28-13-23-76(116)95(133)107-73(87(100)125)50-138-29-25-81(121)114-46-58-16-10-14-56(32-58)44-113-45-57-15-11-17-59(33-57)47-115(49-61-34-60(48-114)35-63(36-61)98(136)137)82(122)27-31-139-51-74(93(131)105-71(92(130)110-84)38-65-42-102-69-22-9-7-20-67(65)69)109-89(127)62-18-12-24-77(117)86(78(118)39-62)112-94(132)75(108-88(126)55(5)99)52-140-30-26-80(113)120;2*2-1-3/h6-11,14-17,19-22,32-36,41-42,53-55,62,70-77,84-86,101-102,117H,12-13,18,23-31,37-40,43-52,99H2,1-5H3,(H2,100,125)(H,103,128)(H,104,119)(H,105,131)(H,106,134)(H,107,133)(H,108,126)(H,109,127)(H,110,130)(H,111,129)(H,112,132)(H,123,124)(H,136,137);;/t55-,62-,70+,71+,72+,73+,74+,75+,76+,77-,84+,85+,86+;;/m1../s1. The van der Waals surface area contributed by atoms with E-state index in [1.807, 2.05) is 12.1 Å². The minimum absolute atomic E-state index is 0.00240. The molecule has 1 aliphatic carbocycles. The average molecular weight is 2070 g/mol. The van der Waals surface area contributed by atoms with Gasteiger partial charge >= 0.3 is 24.2 Å². The molecule has 46 heteroatoms. The Balaban J connectivity index is 0.00000355. The Morgan fingerprint density at radius 3 is 1.47 bits per heavy atom. The number of carboxylic acids is 2. The van der Waals surface area contributed by atoms with E-state index in [-0.39, 0.29) is 162 Å². The molecule has 2 fully saturated rings. The number of nitrogens with zero attached hydrogens (tertiary/aromatic N) is 4. The number of nitrogens with one attached hydrogen (secondary N) is 12. The van der Waals surface area contributed by atoms with Gasteiger partial charge in [-0.3, -0.25) is 81.5 Å². The third-order valence-electron chi connectivity index (χ3n) is 25.3. The number of hydrogen-bond acceptors (Lipinski definition) is 27. The van der Waals surface area contributed by atoms with Crippen molar-refractivity contribution < 1.29 is 121 Å². The van der Waals surface area contributed by atoms with E-state index in [1.165, 1.54) is 47.6 Å². The molecule has 12 rings (SSSR count). The lowest BCUT2D eigenvalue weighted by Crippen LogP contribution is -2.61. The Labute approximate surface area is 852 Å². The molecule has 6 heterocycles. The van der Waals surface area contributed by atoms with Gasteiger partial charge in [-0.25, -0.2) is 4.79 Å². The SMILES string of the molecule is CC(C)[C@@H]1NC(=O)[C@H](Cc2c[nH]c3ccccc23)NC(=O)[C@@H]2CSCCC(=O)N3Cc4cccc(c4)CN(Cc4cccc(c4)CN(Cc4cc(cc(C(=O)O)c4)C3)C(=O)CCSC[C@@H](C(N)=O)NC(=O)[C@@H]3CCCN3C(=O)[C@H](C(C)C)NC(=O)[C@H](Cc3c[nH]c4ccccc34)NC(=O)CNC(=O)[C@H](CC(=O)O)NC1=O)C(=O)CCSC[C@H](NC(=O)[C@@H](C)N)C(=O)N[C@@H]1C(=O)C[C@@H](CCC[C@H]1O)C(=O)N2.O=C=O.O=C=O. The molecule has 0 spiro atoms. The number of amides is 15. The molecule has 19 N–H and O–H groups in total. The van der Waals surface area contributed by atoms with Crippen LogP contribution in [0.25, 0.3) is 21.8 Å². The second-order valence-electron chi connectivity index (χ2n) is 36.9. The zero-order valence-corrected chi connectivity index (χ0v) is 83.6. The molecule has 1 saturated heterocycles. The molecule has 146 heavy (non-hydrogen) atoms. The maximum absolute atomic E-state index is 15.7. The molecule has 1 saturated carbocycles. The van der Waals surface area contributed by atoms with Gasteiger partial charge in [0.2, 0.25) is 88.6 Å². The normalized spacial score (nSPS) is 23.5. The molecule has 780 valence electrons. The first kappa shape index (κ1) is 114. The maximum atomic E-state index is 15.7. The summed E-state index contributed by atoms with van der Waals surface area (Å²) in [6.45, 7) is 6.20. The maximum Gasteiger partial charge on any atom is 0.373 e. The number of aliphatic hydroxyl groups is 1. The number of hydrogen-bond donors (Lipinski definition) is 17. The number of aliphatic carboxylic acids is 1. The first-order valence-corrected chi connectivity index (χ1v) is 51.1. The lowest BCUT2D eigenvalue weighted by molar-refractivity contribution is -0.193. The largest absolute Gasteiger partial charge is 0.481 e. The highest BCUT2D eigenvalue weighted by molar-refractivity contribution is 7.99. The molecule has 13 atom stereocenters. The number of Topliss-reactive ketones (excluding diaryl/α,β-unsaturated/α-hetero) is 1. The highest BCUT2D eigenvalue weighted by Crippen LogP contribution is 2.30. The van der Waals surface area contributed by atoms with Crippen LogP contribution in [0.4, 0.5) is 0 Å². The number of aromatic amines is 2. The van der Waals surface area contributed by atoms with E-state index in [4.69, 9.17) is 30.6 Å². The van der Waals surface area contributed by atoms with Crippen molar-refractivity contribution in [1.82, 2.24) is 82.7 Å². The Morgan fingerprint density at radius 1 is 0.493 bits per heavy atom. The molecule has 5 aliphatic rings. The van der Waals surface area contributed by atoms with Gasteiger partial charge in [-0.2, -0.15) is 54.5 Å². The van der Waals surface area contributed by atoms with E-state index in [0.717, 1.165) is 35.3 Å². The predicted molar refractivity (Wildman–Crippen MR) is 532 cm³/mol. The quantitative estimate of drug-likeness (QED) is 0.0816. The van der Waals surface area contributed by atoms with Gasteiger partial charge in [0.25, 0.3) is 0 Å². The fourth-order valence-electron chi connectivity index (χ4n) is 17.8. The number of benzene rings is 5. The molecule has 43 nitrogen and oxygen atoms in total. The minimum Gasteiger partial charge on any atom is -0.481 e. The molecule has 7 aromatic rings. The van der Waals surface area contributed by atoms with Crippen molar-refractivity contribution in [3.63, 3.8) is 0 Å². The summed E-state index contributed by atoms with van der Waals surface area (Å²) in [5.74, 6) is -19.6. The van der Waals surface area contributed by atoms with Crippen LogP contribution in [0.3, 0.4) is 0 Å². The highest BCUT2D eigenvalue weighted by atomic mass is 32.2. The Hall–Kier alpha value is -14.4. The number of carbonyl (C=O) groups is 18. The molecule has 12 bridgehead atoms. The number of ketones is 1. The Morgan fingerprint density at radius 2 is 0.973 bits per heavy atom. The number of primary amides is 1. The van der Waals surface area contributed by atoms with Crippen molar-refractivity contribution in [2.45, 2.75) is 224 Å². The number of nitrogens with two attached hydrogens (primary N) is 2. The molecule has 15 amide bonds. The van der Waals surface area contributed by atoms with Crippen molar-refractivity contribution in [1.29, 1.82) is 0 Å². The van der Waals surface area contributed by atoms with E-state index in [1.54, 1.807) is 122 Å². The Kier molecular flexibility index (Phi) is 42.8. The van der Waals surface area contributed by atoms with Gasteiger partial charge in [0.1, 0.15) is 60.4 Å². The van der Waals surface area contributed by atoms with Crippen molar-refractivity contribution in [2.75, 3.05) is 47.6 Å². The minimum atomic E-state index is -1.96. The number of para-hydroxylation sites is 2. The molecule has 0 radical (unpaired) electrons. The fraction of sp³-hybridized carbons (Fsp3) is 0.460. The van der Waals surface area contributed by atoms with Crippen LogP contribution in [0.15, 0.2) is 128 Å². The number of H-pyrrole nitrogens is 2. The second kappa shape index (κ2) is 55.0. The summed E-state index contributed by atoms with van der Waals surface area (Å²) in [5, 5.41) is 60.6. The van der Waals surface area contributed by atoms with Gasteiger partial charge in [0.15, 0.2) is 5.78 Å². The van der Waals surface area contributed by atoms with Crippen molar-refractivity contribution in [3.05, 3.63) is 178 Å². The monoisotopic (exact) mass is 2070 g/mol. The topological polar surface area (TPSA) is 653 Å². The lowest BCUT2D eigenvalue weighted by atomic mass is 9.85. The summed E-state index contributed by atoms with van der Waals surface area (Å²) in [4.78, 5) is 307. The lowest BCUT2D eigenvalue weighted by Gasteiger charge is -2.32. The number of carbonyl (C=O) groups excluding carboxylic acids is 20. The van der Waals surface area contributed by atoms with Gasteiger partial charge in [0, 0.05) is 159 Å². The van der Waals surface area contributed by atoms with Crippen LogP contribution in [0.2, 0.25) is 0 Å². The number of thioether (sulfide) groups is 3. The summed E-state index contributed by atoms with van der Waals surface area (Å²) in [6.07, 6.45) is -0.275. The van der Waals surface area contributed by atoms with E-state index in [0.29, 0.717) is 72.7 Å². The summed E-state index contributed by atoms with van der Waals surface area (Å²) in [5.41, 5.74) is 17.2. The van der Waals surface area contributed by atoms with E-state index in [9.17, 15) is 68.1 Å². The average Bonchev–Trinajstić information content (AvgIpc) is 1.71. The summed E-state index contributed by atoms with van der Waals surface area (Å²) in [7, 11) is 0. The first-order valence-electron chi connectivity index (χ1n) is 47.7. The van der Waals surface area contributed by atoms with E-state index in [2.05, 4.69) is 63.1 Å². The third-order valence-corrected chi connectivity index (χ3v) is 28.5. The summed E-state index contributed by atoms with van der Waals surface area (Å²) < 4.78 is 0. The van der Waals surface area contributed by atoms with Crippen molar-refractivity contribution in [3.8, 4) is 0 Å². The molecule has 2 aromatic heterocycles. The number of aromatic carboxylic acids is 1. The van der Waals surface area contributed by atoms with Crippen LogP contribution in [-0.2, 0) is 153 Å². The van der Waals surface area contributed by atoms with Crippen molar-refractivity contribution in [2.24, 2.45) is 29.2 Å². The van der Waals surface area contributed by atoms with Crippen LogP contribution in [0.1, 0.15) is 154 Å². The van der Waals surface area contributed by atoms with Gasteiger partial charge in [-0.05, 0) is 120 Å². The number of aliphatic hydroxyl groups excluding tert-OH is 1. The van der Waals surface area contributed by atoms with Gasteiger partial charge in [-0.15, -0.1) is 0 Å². The highest BCUT2D eigenvalue weighted by Gasteiger charge is 2.44. The van der Waals surface area contributed by atoms with E-state index < -0.39 is 210 Å². The van der Waals surface area contributed by atoms with Gasteiger partial charge < -0.3 is 110 Å². The summed E-state index contributed by atoms with van der Waals surface area (Å²) in [6, 6.07) is 16.4. The summed E-state index contributed by atoms with van der Waals surface area (Å²) >= 11 is 3.25. The van der Waals surface area contributed by atoms with Crippen molar-refractivity contribution >= 4 is 176 Å². The van der Waals surface area contributed by atoms with E-state index >= 15 is 33.6 Å². The zero-order valence-electron chi connectivity index (χ0n) is 81.2. The van der Waals surface area contributed by atoms with Gasteiger partial charge in [0.05, 0.1) is 30.7 Å². The van der Waals surface area contributed by atoms with Crippen LogP contribution in [0.5, 0.6) is 0 Å². The van der Waals surface area contributed by atoms with Crippen LogP contribution >= 0.6 is 35.3 Å². The predicted octanol–water partition coefficient (Wildman–Crippen LogP) is 1.17. The number of rotatable bonds is 12. The molecular weight excluding hydrogens is 1950 g/mol. The zero-order chi connectivity index (χ0) is 106. The molecule has 0 unspecified atom stereocenters. The molecule has 5 aromatic carbocycles. The van der Waals surface area contributed by atoms with Crippen LogP contribution in [0, 0.1) is 17.8 Å². The first-order chi connectivity index (χ1) is 69.7. The van der Waals surface area contributed by atoms with Crippen LogP contribution in [-0.4, -0.2) is 284 Å². The third kappa shape index (κ3) is 32.8. The smallest absolute Gasteiger partial charge is 0.373 e. The second-order valence-corrected chi connectivity index (χ2v) is 40.4. The van der Waals surface area contributed by atoms with Crippen LogP contribution < -0.4 is 64.6 Å². The fourth-order valence-corrected chi connectivity index (χ4v) is 20.6. The van der Waals surface area contributed by atoms with Gasteiger partial charge in [-0.1, -0.05) is 119 Å². The molecule has 4 aliphatic heterocycles. The number of carboxylic acid groups (broad SMARTS) is 2. The molecular formula is C100H122N18O25S3. The number of fused-ring (bicyclic) bond motifs is 15. The number of aromatic nitrogens is 2. The Bertz CT molecular complexity index is 6010.